The fourth-order valence-electron chi connectivity index (χ4n) is 2.16. The van der Waals surface area contributed by atoms with Gasteiger partial charge in [-0.3, -0.25) is 10.1 Å². The number of benzene rings is 2. The third-order valence-electron chi connectivity index (χ3n) is 3.38. The lowest BCUT2D eigenvalue weighted by atomic mass is 10.1. The highest BCUT2D eigenvalue weighted by Crippen LogP contribution is 2.40. The van der Waals surface area contributed by atoms with Gasteiger partial charge >= 0.3 is 12.4 Å². The number of nitro groups is 1. The molecule has 0 radical (unpaired) electrons. The SMILES string of the molecule is O=[N+]([O-])c1ccc(OC(Cc2ccccc2)C(F)(F)F)c(C(F)(F)F)c1. The van der Waals surface area contributed by atoms with Crippen molar-refractivity contribution in [1.82, 2.24) is 0 Å². The van der Waals surface area contributed by atoms with Crippen LogP contribution in [0.5, 0.6) is 5.75 Å². The summed E-state index contributed by atoms with van der Waals surface area (Å²) in [5, 5.41) is 10.6. The molecule has 0 N–H and O–H groups in total. The van der Waals surface area contributed by atoms with Crippen molar-refractivity contribution in [3.8, 4) is 5.75 Å². The summed E-state index contributed by atoms with van der Waals surface area (Å²) in [7, 11) is 0. The van der Waals surface area contributed by atoms with Crippen molar-refractivity contribution < 1.29 is 36.0 Å². The molecule has 0 saturated carbocycles. The van der Waals surface area contributed by atoms with Crippen LogP contribution in [-0.2, 0) is 12.6 Å². The molecule has 0 aliphatic heterocycles. The van der Waals surface area contributed by atoms with Crippen molar-refractivity contribution in [3.63, 3.8) is 0 Å². The number of nitrogens with zero attached hydrogens (tertiary/aromatic N) is 1. The maximum Gasteiger partial charge on any atom is 0.425 e. The topological polar surface area (TPSA) is 52.4 Å². The first-order valence-electron chi connectivity index (χ1n) is 7.11. The number of alkyl halides is 6. The summed E-state index contributed by atoms with van der Waals surface area (Å²) < 4.78 is 83.5. The van der Waals surface area contributed by atoms with Gasteiger partial charge in [-0.25, -0.2) is 0 Å². The van der Waals surface area contributed by atoms with Crippen LogP contribution in [0.2, 0.25) is 0 Å². The Labute approximate surface area is 143 Å². The highest BCUT2D eigenvalue weighted by atomic mass is 19.4. The average Bonchev–Trinajstić information content (AvgIpc) is 2.53. The quantitative estimate of drug-likeness (QED) is 0.409. The van der Waals surface area contributed by atoms with Gasteiger partial charge in [0.2, 0.25) is 0 Å². The van der Waals surface area contributed by atoms with Gasteiger partial charge in [-0.15, -0.1) is 0 Å². The third-order valence-corrected chi connectivity index (χ3v) is 3.38. The Hall–Kier alpha value is -2.78. The molecule has 0 aliphatic carbocycles. The molecule has 0 bridgehead atoms. The van der Waals surface area contributed by atoms with E-state index in [2.05, 4.69) is 4.74 Å². The zero-order valence-electron chi connectivity index (χ0n) is 12.8. The Morgan fingerprint density at radius 1 is 1.00 bits per heavy atom. The average molecular weight is 379 g/mol. The minimum atomic E-state index is -5.12. The summed E-state index contributed by atoms with van der Waals surface area (Å²) in [5.74, 6) is -1.12. The Bertz CT molecular complexity index is 774. The minimum absolute atomic E-state index is 0.144. The molecule has 2 rings (SSSR count). The Morgan fingerprint density at radius 2 is 1.62 bits per heavy atom. The van der Waals surface area contributed by atoms with E-state index in [0.717, 1.165) is 0 Å². The molecule has 140 valence electrons. The molecule has 2 aromatic rings. The summed E-state index contributed by atoms with van der Waals surface area (Å²) in [5.41, 5.74) is -2.34. The molecule has 10 heteroatoms. The van der Waals surface area contributed by atoms with Crippen LogP contribution in [0.4, 0.5) is 32.0 Å². The van der Waals surface area contributed by atoms with E-state index in [4.69, 9.17) is 0 Å². The number of non-ortho nitro benzene ring substituents is 1. The smallest absolute Gasteiger partial charge is 0.425 e. The summed E-state index contributed by atoms with van der Waals surface area (Å²) >= 11 is 0. The highest BCUT2D eigenvalue weighted by molar-refractivity contribution is 5.45. The Balaban J connectivity index is 2.40. The van der Waals surface area contributed by atoms with Gasteiger partial charge in [0.1, 0.15) is 11.3 Å². The number of rotatable bonds is 5. The summed E-state index contributed by atoms with van der Waals surface area (Å²) in [6, 6.07) is 8.61. The van der Waals surface area contributed by atoms with Crippen LogP contribution in [-0.4, -0.2) is 17.2 Å². The zero-order valence-corrected chi connectivity index (χ0v) is 12.8. The summed E-state index contributed by atoms with van der Waals surface area (Å²) in [6.07, 6.45) is -13.3. The number of nitro benzene ring substituents is 1. The van der Waals surface area contributed by atoms with Crippen LogP contribution in [0.3, 0.4) is 0 Å². The Morgan fingerprint density at radius 3 is 2.12 bits per heavy atom. The van der Waals surface area contributed by atoms with Gasteiger partial charge in [0.25, 0.3) is 5.69 Å². The van der Waals surface area contributed by atoms with Gasteiger partial charge in [-0.05, 0) is 11.6 Å². The number of halogens is 6. The summed E-state index contributed by atoms with van der Waals surface area (Å²) in [4.78, 5) is 9.55. The molecule has 1 atom stereocenters. The molecule has 0 aromatic heterocycles. The van der Waals surface area contributed by atoms with E-state index in [1.165, 1.54) is 24.3 Å². The van der Waals surface area contributed by atoms with Crippen molar-refractivity contribution in [2.75, 3.05) is 0 Å². The van der Waals surface area contributed by atoms with Crippen LogP contribution in [0.1, 0.15) is 11.1 Å². The molecule has 2 aromatic carbocycles. The third kappa shape index (κ3) is 4.87. The van der Waals surface area contributed by atoms with Crippen molar-refractivity contribution >= 4 is 5.69 Å². The number of hydrogen-bond acceptors (Lipinski definition) is 3. The van der Waals surface area contributed by atoms with Gasteiger partial charge < -0.3 is 4.74 Å². The molecule has 0 heterocycles. The van der Waals surface area contributed by atoms with Gasteiger partial charge in [0.05, 0.1) is 4.92 Å². The molecule has 0 aliphatic rings. The molecular weight excluding hydrogens is 368 g/mol. The van der Waals surface area contributed by atoms with Crippen molar-refractivity contribution in [3.05, 3.63) is 69.8 Å². The van der Waals surface area contributed by atoms with Gasteiger partial charge in [0, 0.05) is 18.6 Å². The molecule has 4 nitrogen and oxygen atoms in total. The van der Waals surface area contributed by atoms with Crippen molar-refractivity contribution in [1.29, 1.82) is 0 Å². The first kappa shape index (κ1) is 19.5. The standard InChI is InChI=1S/C16H11F6NO3/c17-15(18,19)12-9-11(23(24)25)6-7-13(12)26-14(16(20,21)22)8-10-4-2-1-3-5-10/h1-7,9,14H,8H2. The molecule has 0 spiro atoms. The number of hydrogen-bond donors (Lipinski definition) is 0. The normalized spacial score (nSPS) is 13.3. The molecule has 0 amide bonds. The predicted octanol–water partition coefficient (Wildman–Crippen LogP) is 5.17. The van der Waals surface area contributed by atoms with Gasteiger partial charge in [-0.1, -0.05) is 30.3 Å². The van der Waals surface area contributed by atoms with E-state index in [0.29, 0.717) is 12.1 Å². The maximum absolute atomic E-state index is 13.2. The molecule has 0 saturated heterocycles. The first-order chi connectivity index (χ1) is 12.0. The van der Waals surface area contributed by atoms with Crippen LogP contribution in [0.15, 0.2) is 48.5 Å². The molecule has 0 fully saturated rings. The van der Waals surface area contributed by atoms with Crippen molar-refractivity contribution in [2.24, 2.45) is 0 Å². The lowest BCUT2D eigenvalue weighted by Crippen LogP contribution is -2.37. The van der Waals surface area contributed by atoms with Crippen molar-refractivity contribution in [2.45, 2.75) is 24.9 Å². The van der Waals surface area contributed by atoms with E-state index in [1.807, 2.05) is 0 Å². The molecular formula is C16H11F6NO3. The van der Waals surface area contributed by atoms with E-state index < -0.39 is 46.8 Å². The zero-order chi connectivity index (χ0) is 19.5. The maximum atomic E-state index is 13.2. The van der Waals surface area contributed by atoms with Crippen LogP contribution < -0.4 is 4.74 Å². The largest absolute Gasteiger partial charge is 0.480 e. The predicted molar refractivity (Wildman–Crippen MR) is 78.7 cm³/mol. The lowest BCUT2D eigenvalue weighted by Gasteiger charge is -2.24. The number of ether oxygens (including phenoxy) is 1. The van der Waals surface area contributed by atoms with E-state index in [9.17, 15) is 36.5 Å². The van der Waals surface area contributed by atoms with Gasteiger partial charge in [0.15, 0.2) is 6.10 Å². The highest BCUT2D eigenvalue weighted by Gasteiger charge is 2.44. The first-order valence-corrected chi connectivity index (χ1v) is 7.11. The van der Waals surface area contributed by atoms with Crippen LogP contribution >= 0.6 is 0 Å². The molecule has 1 unspecified atom stereocenters. The second-order valence-corrected chi connectivity index (χ2v) is 5.27. The summed E-state index contributed by atoms with van der Waals surface area (Å²) in [6.45, 7) is 0. The molecule has 26 heavy (non-hydrogen) atoms. The monoisotopic (exact) mass is 379 g/mol. The minimum Gasteiger partial charge on any atom is -0.480 e. The van der Waals surface area contributed by atoms with E-state index in [-0.39, 0.29) is 11.6 Å². The van der Waals surface area contributed by atoms with Gasteiger partial charge in [-0.2, -0.15) is 26.3 Å². The van der Waals surface area contributed by atoms with E-state index in [1.54, 1.807) is 6.07 Å². The Kier molecular flexibility index (Phi) is 5.43. The fourth-order valence-corrected chi connectivity index (χ4v) is 2.16. The fraction of sp³-hybridized carbons (Fsp3) is 0.250. The lowest BCUT2D eigenvalue weighted by molar-refractivity contribution is -0.385. The van der Waals surface area contributed by atoms with Crippen LogP contribution in [0.25, 0.3) is 0 Å². The van der Waals surface area contributed by atoms with E-state index >= 15 is 0 Å². The van der Waals surface area contributed by atoms with Crippen LogP contribution in [0, 0.1) is 10.1 Å². The second-order valence-electron chi connectivity index (χ2n) is 5.27. The second kappa shape index (κ2) is 7.22.